The molecule has 114 valence electrons. The van der Waals surface area contributed by atoms with Crippen LogP contribution in [0.4, 0.5) is 0 Å². The number of hydrogen-bond acceptors (Lipinski definition) is 4. The van der Waals surface area contributed by atoms with E-state index in [1.807, 2.05) is 24.3 Å². The van der Waals surface area contributed by atoms with Gasteiger partial charge in [-0.25, -0.2) is 0 Å². The molecule has 5 heteroatoms. The zero-order valence-corrected chi connectivity index (χ0v) is 13.4. The molecular weight excluding hydrogens is 276 g/mol. The van der Waals surface area contributed by atoms with Crippen LogP contribution in [0.5, 0.6) is 0 Å². The van der Waals surface area contributed by atoms with Crippen molar-refractivity contribution in [3.05, 3.63) is 34.9 Å². The Labute approximate surface area is 126 Å². The summed E-state index contributed by atoms with van der Waals surface area (Å²) < 4.78 is 10.5. The smallest absolute Gasteiger partial charge is 0.158 e. The number of nitrogens with two attached hydrogens (primary N) is 1. The molecule has 1 aromatic rings. The van der Waals surface area contributed by atoms with Gasteiger partial charge in [0.2, 0.25) is 0 Å². The Balaban J connectivity index is 2.74. The second kappa shape index (κ2) is 8.60. The van der Waals surface area contributed by atoms with Crippen LogP contribution in [0.1, 0.15) is 24.9 Å². The number of ether oxygens (including phenoxy) is 2. The Morgan fingerprint density at radius 3 is 2.20 bits per heavy atom. The van der Waals surface area contributed by atoms with E-state index in [1.165, 1.54) is 5.56 Å². The highest BCUT2D eigenvalue weighted by molar-refractivity contribution is 6.30. The van der Waals surface area contributed by atoms with Crippen LogP contribution in [0.2, 0.25) is 5.02 Å². The topological polar surface area (TPSA) is 47.7 Å². The molecule has 0 saturated carbocycles. The van der Waals surface area contributed by atoms with Crippen molar-refractivity contribution in [3.8, 4) is 0 Å². The maximum Gasteiger partial charge on any atom is 0.158 e. The largest absolute Gasteiger partial charge is 0.356 e. The van der Waals surface area contributed by atoms with Gasteiger partial charge in [0.15, 0.2) is 6.29 Å². The Morgan fingerprint density at radius 2 is 1.75 bits per heavy atom. The molecule has 1 aromatic carbocycles. The third-order valence-electron chi connectivity index (χ3n) is 3.80. The number of rotatable bonds is 8. The van der Waals surface area contributed by atoms with Crippen LogP contribution in [-0.4, -0.2) is 45.0 Å². The van der Waals surface area contributed by atoms with E-state index in [9.17, 15) is 0 Å². The Kier molecular flexibility index (Phi) is 7.48. The molecule has 2 unspecified atom stereocenters. The number of hydrogen-bond donors (Lipinski definition) is 1. The van der Waals surface area contributed by atoms with Gasteiger partial charge in [-0.3, -0.25) is 4.90 Å². The minimum Gasteiger partial charge on any atom is -0.356 e. The Hall–Kier alpha value is -0.650. The minimum atomic E-state index is -0.233. The van der Waals surface area contributed by atoms with Crippen LogP contribution < -0.4 is 5.73 Å². The second-order valence-electron chi connectivity index (χ2n) is 4.92. The molecule has 2 atom stereocenters. The molecule has 0 heterocycles. The van der Waals surface area contributed by atoms with Crippen LogP contribution in [0.25, 0.3) is 0 Å². The average Bonchev–Trinajstić information content (AvgIpc) is 2.48. The van der Waals surface area contributed by atoms with Crippen molar-refractivity contribution < 1.29 is 9.47 Å². The quantitative estimate of drug-likeness (QED) is 0.750. The summed E-state index contributed by atoms with van der Waals surface area (Å²) in [5.41, 5.74) is 7.11. The molecule has 0 aliphatic rings. The number of likely N-dealkylation sites (N-methyl/N-ethyl adjacent to an activating group) is 1. The first-order chi connectivity index (χ1) is 9.53. The van der Waals surface area contributed by atoms with E-state index in [0.29, 0.717) is 6.54 Å². The van der Waals surface area contributed by atoms with E-state index in [0.717, 1.165) is 11.4 Å². The summed E-state index contributed by atoms with van der Waals surface area (Å²) in [5, 5.41) is 0.748. The molecule has 2 N–H and O–H groups in total. The monoisotopic (exact) mass is 300 g/mol. The first kappa shape index (κ1) is 17.4. The lowest BCUT2D eigenvalue weighted by Crippen LogP contribution is -2.42. The van der Waals surface area contributed by atoms with Crippen molar-refractivity contribution in [2.24, 2.45) is 5.73 Å². The molecule has 0 radical (unpaired) electrons. The molecule has 1 rings (SSSR count). The fraction of sp³-hybridized carbons (Fsp3) is 0.600. The molecule has 0 fully saturated rings. The number of nitrogens with zero attached hydrogens (tertiary/aromatic N) is 1. The van der Waals surface area contributed by atoms with Crippen molar-refractivity contribution in [2.45, 2.75) is 31.7 Å². The first-order valence-electron chi connectivity index (χ1n) is 6.76. The lowest BCUT2D eigenvalue weighted by Gasteiger charge is -2.34. The van der Waals surface area contributed by atoms with Crippen molar-refractivity contribution in [1.29, 1.82) is 0 Å². The van der Waals surface area contributed by atoms with E-state index in [-0.39, 0.29) is 18.4 Å². The standard InChI is InChI=1S/C15H25ClN2O2/c1-11(12-5-7-13(16)8-6-12)18(2)14(10-17)9-15(19-3)20-4/h5-8,11,14-15H,9-10,17H2,1-4H3. The molecule has 0 aromatic heterocycles. The lowest BCUT2D eigenvalue weighted by atomic mass is 10.0. The van der Waals surface area contributed by atoms with Crippen molar-refractivity contribution in [1.82, 2.24) is 4.90 Å². The maximum atomic E-state index is 5.93. The van der Waals surface area contributed by atoms with Gasteiger partial charge >= 0.3 is 0 Å². The summed E-state index contributed by atoms with van der Waals surface area (Å²) in [5.74, 6) is 0. The zero-order valence-electron chi connectivity index (χ0n) is 12.7. The maximum absolute atomic E-state index is 5.93. The van der Waals surface area contributed by atoms with E-state index < -0.39 is 0 Å². The molecule has 0 saturated heterocycles. The number of benzene rings is 1. The summed E-state index contributed by atoms with van der Waals surface area (Å²) in [6, 6.07) is 8.33. The second-order valence-corrected chi connectivity index (χ2v) is 5.36. The van der Waals surface area contributed by atoms with Gasteiger partial charge in [-0.2, -0.15) is 0 Å². The minimum absolute atomic E-state index is 0.186. The highest BCUT2D eigenvalue weighted by atomic mass is 35.5. The molecule has 20 heavy (non-hydrogen) atoms. The summed E-state index contributed by atoms with van der Waals surface area (Å²) in [4.78, 5) is 2.24. The van der Waals surface area contributed by atoms with Crippen molar-refractivity contribution >= 4 is 11.6 Å². The van der Waals surface area contributed by atoms with Crippen LogP contribution in [0, 0.1) is 0 Å². The van der Waals surface area contributed by atoms with Crippen LogP contribution in [-0.2, 0) is 9.47 Å². The fourth-order valence-corrected chi connectivity index (χ4v) is 2.36. The predicted octanol–water partition coefficient (Wildman–Crippen LogP) is 2.67. The third kappa shape index (κ3) is 4.72. The highest BCUT2D eigenvalue weighted by Gasteiger charge is 2.23. The molecular formula is C15H25ClN2O2. The third-order valence-corrected chi connectivity index (χ3v) is 4.05. The summed E-state index contributed by atoms with van der Waals surface area (Å²) >= 11 is 5.93. The first-order valence-corrected chi connectivity index (χ1v) is 7.14. The fourth-order valence-electron chi connectivity index (χ4n) is 2.23. The van der Waals surface area contributed by atoms with Gasteiger partial charge in [-0.15, -0.1) is 0 Å². The van der Waals surface area contributed by atoms with Gasteiger partial charge in [-0.05, 0) is 31.7 Å². The van der Waals surface area contributed by atoms with Gasteiger partial charge in [0, 0.05) is 44.3 Å². The van der Waals surface area contributed by atoms with Crippen LogP contribution in [0.15, 0.2) is 24.3 Å². The summed E-state index contributed by atoms with van der Waals surface area (Å²) in [6.45, 7) is 2.71. The van der Waals surface area contributed by atoms with Gasteiger partial charge < -0.3 is 15.2 Å². The van der Waals surface area contributed by atoms with Gasteiger partial charge in [0.05, 0.1) is 0 Å². The van der Waals surface area contributed by atoms with Crippen LogP contribution >= 0.6 is 11.6 Å². The summed E-state index contributed by atoms with van der Waals surface area (Å²) in [7, 11) is 5.36. The van der Waals surface area contributed by atoms with E-state index in [1.54, 1.807) is 14.2 Å². The highest BCUT2D eigenvalue weighted by Crippen LogP contribution is 2.24. The Morgan fingerprint density at radius 1 is 1.20 bits per heavy atom. The van der Waals surface area contributed by atoms with Gasteiger partial charge in [0.25, 0.3) is 0 Å². The van der Waals surface area contributed by atoms with E-state index >= 15 is 0 Å². The van der Waals surface area contributed by atoms with E-state index in [2.05, 4.69) is 18.9 Å². The molecule has 4 nitrogen and oxygen atoms in total. The van der Waals surface area contributed by atoms with Crippen LogP contribution in [0.3, 0.4) is 0 Å². The molecule has 0 amide bonds. The van der Waals surface area contributed by atoms with Gasteiger partial charge in [-0.1, -0.05) is 23.7 Å². The Bertz CT molecular complexity index is 382. The SMILES string of the molecule is COC(CC(CN)N(C)C(C)c1ccc(Cl)cc1)OC. The number of halogens is 1. The number of methoxy groups -OCH3 is 2. The van der Waals surface area contributed by atoms with Crippen molar-refractivity contribution in [2.75, 3.05) is 27.8 Å². The van der Waals surface area contributed by atoms with E-state index in [4.69, 9.17) is 26.8 Å². The molecule has 0 bridgehead atoms. The summed E-state index contributed by atoms with van der Waals surface area (Å²) in [6.07, 6.45) is 0.501. The molecule has 0 aliphatic carbocycles. The molecule has 0 spiro atoms. The normalized spacial score (nSPS) is 14.8. The predicted molar refractivity (Wildman–Crippen MR) is 82.9 cm³/mol. The van der Waals surface area contributed by atoms with Crippen molar-refractivity contribution in [3.63, 3.8) is 0 Å². The zero-order chi connectivity index (χ0) is 15.1. The molecule has 0 aliphatic heterocycles. The lowest BCUT2D eigenvalue weighted by molar-refractivity contribution is -0.117. The average molecular weight is 301 g/mol. The van der Waals surface area contributed by atoms with Gasteiger partial charge in [0.1, 0.15) is 0 Å².